The molecule has 0 bridgehead atoms. The Bertz CT molecular complexity index is 1030. The van der Waals surface area contributed by atoms with E-state index in [1.165, 1.54) is 6.07 Å². The summed E-state index contributed by atoms with van der Waals surface area (Å²) in [6.45, 7) is 5.26. The number of rotatable bonds is 4. The van der Waals surface area contributed by atoms with Crippen LogP contribution in [0.25, 0.3) is 0 Å². The molecule has 2 unspecified atom stereocenters. The molecule has 0 aromatic heterocycles. The average Bonchev–Trinajstić information content (AvgIpc) is 3.52. The molecule has 1 aliphatic carbocycles. The van der Waals surface area contributed by atoms with Gasteiger partial charge in [0.2, 0.25) is 5.91 Å². The Morgan fingerprint density at radius 3 is 2.06 bits per heavy atom. The first-order valence-electron chi connectivity index (χ1n) is 10.6. The van der Waals surface area contributed by atoms with Crippen molar-refractivity contribution < 1.29 is 18.8 Å². The van der Waals surface area contributed by atoms with Crippen molar-refractivity contribution >= 4 is 23.4 Å². The summed E-state index contributed by atoms with van der Waals surface area (Å²) in [5, 5.41) is 2.89. The quantitative estimate of drug-likeness (QED) is 0.820. The number of hydrogen-bond acceptors (Lipinski definition) is 3. The first kappa shape index (κ1) is 21.0. The third-order valence-electron chi connectivity index (χ3n) is 6.10. The highest BCUT2D eigenvalue weighted by molar-refractivity contribution is 5.99. The number of piperazine rings is 1. The molecule has 1 heterocycles. The van der Waals surface area contributed by atoms with E-state index in [4.69, 9.17) is 0 Å². The Morgan fingerprint density at radius 2 is 1.52 bits per heavy atom. The summed E-state index contributed by atoms with van der Waals surface area (Å²) in [7, 11) is 0. The normalized spacial score (nSPS) is 20.4. The van der Waals surface area contributed by atoms with E-state index in [-0.39, 0.29) is 23.6 Å². The van der Waals surface area contributed by atoms with Crippen LogP contribution in [0.15, 0.2) is 42.5 Å². The molecule has 2 aromatic rings. The van der Waals surface area contributed by atoms with E-state index in [1.807, 2.05) is 6.92 Å². The number of amides is 3. The van der Waals surface area contributed by atoms with Crippen LogP contribution in [-0.2, 0) is 4.79 Å². The van der Waals surface area contributed by atoms with Crippen molar-refractivity contribution in [3.05, 3.63) is 65.0 Å². The van der Waals surface area contributed by atoms with Gasteiger partial charge in [0.05, 0.1) is 0 Å². The molecule has 2 atom stereocenters. The van der Waals surface area contributed by atoms with Crippen LogP contribution >= 0.6 is 0 Å². The van der Waals surface area contributed by atoms with Crippen LogP contribution in [0, 0.1) is 24.6 Å². The molecule has 1 saturated carbocycles. The molecule has 0 radical (unpaired) electrons. The Hall–Kier alpha value is -3.22. The summed E-state index contributed by atoms with van der Waals surface area (Å²) in [4.78, 5) is 41.1. The molecule has 1 aliphatic heterocycles. The fraction of sp³-hybridized carbons (Fsp3) is 0.375. The maximum absolute atomic E-state index is 13.8. The van der Waals surface area contributed by atoms with Crippen molar-refractivity contribution in [1.82, 2.24) is 9.80 Å². The number of hydrogen-bond donors (Lipinski definition) is 1. The number of nitrogens with zero attached hydrogens (tertiary/aromatic N) is 2. The minimum atomic E-state index is -0.400. The fourth-order valence-corrected chi connectivity index (χ4v) is 3.86. The molecule has 1 N–H and O–H groups in total. The number of nitrogens with one attached hydrogen (secondary N) is 1. The standard InChI is InChI=1S/C24H26FN3O3/c1-15-6-7-18(14-21(15)25)24(31)28-10-8-27(9-11-28)23(30)17-4-3-5-19(13-17)26-22(29)20-12-16(20)2/h3-7,13-14,16,20H,8-12H2,1-2H3,(H,26,29). The van der Waals surface area contributed by atoms with Gasteiger partial charge in [0.15, 0.2) is 0 Å². The van der Waals surface area contributed by atoms with Gasteiger partial charge in [-0.3, -0.25) is 14.4 Å². The summed E-state index contributed by atoms with van der Waals surface area (Å²) in [6, 6.07) is 11.4. The third-order valence-corrected chi connectivity index (χ3v) is 6.10. The lowest BCUT2D eigenvalue weighted by atomic mass is 10.1. The highest BCUT2D eigenvalue weighted by atomic mass is 19.1. The van der Waals surface area contributed by atoms with Gasteiger partial charge >= 0.3 is 0 Å². The molecule has 2 aliphatic rings. The SMILES string of the molecule is Cc1ccc(C(=O)N2CCN(C(=O)c3cccc(NC(=O)C4CC4C)c3)CC2)cc1F. The van der Waals surface area contributed by atoms with E-state index in [0.29, 0.717) is 54.5 Å². The predicted octanol–water partition coefficient (Wildman–Crippen LogP) is 3.33. The van der Waals surface area contributed by atoms with Gasteiger partial charge in [-0.25, -0.2) is 4.39 Å². The fourth-order valence-electron chi connectivity index (χ4n) is 3.86. The van der Waals surface area contributed by atoms with Crippen molar-refractivity contribution in [3.63, 3.8) is 0 Å². The number of halogens is 1. The lowest BCUT2D eigenvalue weighted by Crippen LogP contribution is -2.50. The van der Waals surface area contributed by atoms with Crippen LogP contribution in [0.5, 0.6) is 0 Å². The highest BCUT2D eigenvalue weighted by Gasteiger charge is 2.39. The topological polar surface area (TPSA) is 69.7 Å². The molecule has 7 heteroatoms. The molecule has 6 nitrogen and oxygen atoms in total. The predicted molar refractivity (Wildman–Crippen MR) is 115 cm³/mol. The Kier molecular flexibility index (Phi) is 5.76. The Morgan fingerprint density at radius 1 is 0.935 bits per heavy atom. The van der Waals surface area contributed by atoms with Gasteiger partial charge in [-0.1, -0.05) is 19.1 Å². The van der Waals surface area contributed by atoms with Crippen molar-refractivity contribution in [1.29, 1.82) is 0 Å². The van der Waals surface area contributed by atoms with Crippen LogP contribution in [0.2, 0.25) is 0 Å². The van der Waals surface area contributed by atoms with Crippen molar-refractivity contribution in [2.45, 2.75) is 20.3 Å². The van der Waals surface area contributed by atoms with Crippen molar-refractivity contribution in [2.24, 2.45) is 11.8 Å². The minimum absolute atomic E-state index is 0.00299. The van der Waals surface area contributed by atoms with Gasteiger partial charge in [0.1, 0.15) is 5.82 Å². The summed E-state index contributed by atoms with van der Waals surface area (Å²) in [5.74, 6) is -0.291. The molecule has 3 amide bonds. The molecule has 162 valence electrons. The number of benzene rings is 2. The van der Waals surface area contributed by atoms with Crippen LogP contribution < -0.4 is 5.32 Å². The molecule has 0 spiro atoms. The summed E-state index contributed by atoms with van der Waals surface area (Å²) in [6.07, 6.45) is 0.905. The molecule has 1 saturated heterocycles. The zero-order valence-corrected chi connectivity index (χ0v) is 17.7. The van der Waals surface area contributed by atoms with Crippen LogP contribution in [-0.4, -0.2) is 53.7 Å². The number of carbonyl (C=O) groups is 3. The molecule has 4 rings (SSSR count). The van der Waals surface area contributed by atoms with Crippen LogP contribution in [0.4, 0.5) is 10.1 Å². The average molecular weight is 423 g/mol. The second-order valence-corrected chi connectivity index (χ2v) is 8.44. The first-order valence-corrected chi connectivity index (χ1v) is 10.6. The van der Waals surface area contributed by atoms with Gasteiger partial charge in [-0.15, -0.1) is 0 Å². The second kappa shape index (κ2) is 8.49. The minimum Gasteiger partial charge on any atom is -0.335 e. The maximum Gasteiger partial charge on any atom is 0.254 e. The summed E-state index contributed by atoms with van der Waals surface area (Å²) < 4.78 is 13.8. The van der Waals surface area contributed by atoms with Gasteiger partial charge < -0.3 is 15.1 Å². The summed E-state index contributed by atoms with van der Waals surface area (Å²) >= 11 is 0. The van der Waals surface area contributed by atoms with Gasteiger partial charge in [-0.05, 0) is 55.2 Å². The molecular weight excluding hydrogens is 397 g/mol. The van der Waals surface area contributed by atoms with Crippen molar-refractivity contribution in [2.75, 3.05) is 31.5 Å². The lowest BCUT2D eigenvalue weighted by molar-refractivity contribution is -0.117. The Balaban J connectivity index is 1.36. The molecule has 2 fully saturated rings. The zero-order valence-electron chi connectivity index (χ0n) is 17.7. The van der Waals surface area contributed by atoms with Gasteiger partial charge in [-0.2, -0.15) is 0 Å². The van der Waals surface area contributed by atoms with Crippen LogP contribution in [0.1, 0.15) is 39.6 Å². The zero-order chi connectivity index (χ0) is 22.1. The van der Waals surface area contributed by atoms with E-state index in [1.54, 1.807) is 53.1 Å². The van der Waals surface area contributed by atoms with Crippen molar-refractivity contribution in [3.8, 4) is 0 Å². The molecular formula is C24H26FN3O3. The lowest BCUT2D eigenvalue weighted by Gasteiger charge is -2.35. The van der Waals surface area contributed by atoms with Gasteiger partial charge in [0, 0.05) is 48.9 Å². The summed E-state index contributed by atoms with van der Waals surface area (Å²) in [5.41, 5.74) is 1.93. The maximum atomic E-state index is 13.8. The largest absolute Gasteiger partial charge is 0.335 e. The smallest absolute Gasteiger partial charge is 0.254 e. The van der Waals surface area contributed by atoms with E-state index in [9.17, 15) is 18.8 Å². The van der Waals surface area contributed by atoms with E-state index < -0.39 is 5.82 Å². The van der Waals surface area contributed by atoms with E-state index >= 15 is 0 Å². The number of carbonyl (C=O) groups excluding carboxylic acids is 3. The molecule has 31 heavy (non-hydrogen) atoms. The second-order valence-electron chi connectivity index (χ2n) is 8.44. The number of anilines is 1. The monoisotopic (exact) mass is 423 g/mol. The van der Waals surface area contributed by atoms with E-state index in [0.717, 1.165) is 6.42 Å². The third kappa shape index (κ3) is 4.60. The first-order chi connectivity index (χ1) is 14.8. The highest BCUT2D eigenvalue weighted by Crippen LogP contribution is 2.38. The van der Waals surface area contributed by atoms with Crippen LogP contribution in [0.3, 0.4) is 0 Å². The van der Waals surface area contributed by atoms with Gasteiger partial charge in [0.25, 0.3) is 11.8 Å². The number of aryl methyl sites for hydroxylation is 1. The molecule has 2 aromatic carbocycles. The Labute approximate surface area is 181 Å². The van der Waals surface area contributed by atoms with E-state index in [2.05, 4.69) is 5.32 Å².